The molecule has 0 saturated carbocycles. The Kier molecular flexibility index (Phi) is 38.4. The van der Waals surface area contributed by atoms with Crippen molar-refractivity contribution in [3.8, 4) is 0 Å². The summed E-state index contributed by atoms with van der Waals surface area (Å²) in [5.41, 5.74) is 0. The third-order valence-electron chi connectivity index (χ3n) is 9.69. The highest BCUT2D eigenvalue weighted by Crippen LogP contribution is 2.13. The number of hydrogen-bond acceptors (Lipinski definition) is 7. The first-order chi connectivity index (χ1) is 25.5. The van der Waals surface area contributed by atoms with Crippen LogP contribution in [-0.2, 0) is 28.6 Å². The summed E-state index contributed by atoms with van der Waals surface area (Å²) in [6, 6.07) is 0. The predicted octanol–water partition coefficient (Wildman–Crippen LogP) is 12.4. The van der Waals surface area contributed by atoms with Gasteiger partial charge in [0, 0.05) is 12.8 Å². The van der Waals surface area contributed by atoms with E-state index in [0.29, 0.717) is 12.8 Å². The van der Waals surface area contributed by atoms with Gasteiger partial charge in [-0.3, -0.25) is 19.3 Å². The van der Waals surface area contributed by atoms with Gasteiger partial charge in [0.15, 0.2) is 6.10 Å². The van der Waals surface area contributed by atoms with Crippen LogP contribution in [0.2, 0.25) is 0 Å². The number of hydrogen-bond donors (Lipinski definition) is 0. The second-order valence-electron chi connectivity index (χ2n) is 14.6. The summed E-state index contributed by atoms with van der Waals surface area (Å²) in [5.74, 6) is -1.01. The number of nitrogens with zero attached hydrogens (tertiary/aromatic N) is 1. The first-order valence-corrected chi connectivity index (χ1v) is 22.0. The van der Waals surface area contributed by atoms with E-state index in [9.17, 15) is 14.4 Å². The molecule has 0 unspecified atom stereocenters. The Morgan fingerprint density at radius 3 is 1.19 bits per heavy atom. The average molecular weight is 734 g/mol. The van der Waals surface area contributed by atoms with Crippen LogP contribution in [0.15, 0.2) is 24.3 Å². The minimum Gasteiger partial charge on any atom is -0.462 e. The minimum atomic E-state index is -0.797. The Bertz CT molecular complexity index is 868. The van der Waals surface area contributed by atoms with Gasteiger partial charge in [0.05, 0.1) is 6.54 Å². The molecule has 0 bridgehead atoms. The number of likely N-dealkylation sites (N-methyl/N-ethyl adjacent to an activating group) is 1. The predicted molar refractivity (Wildman–Crippen MR) is 218 cm³/mol. The summed E-state index contributed by atoms with van der Waals surface area (Å²) >= 11 is 0. The van der Waals surface area contributed by atoms with Crippen molar-refractivity contribution in [2.24, 2.45) is 0 Å². The van der Waals surface area contributed by atoms with E-state index >= 15 is 0 Å². The zero-order valence-corrected chi connectivity index (χ0v) is 34.6. The van der Waals surface area contributed by atoms with Crippen molar-refractivity contribution in [2.75, 3.05) is 32.8 Å². The van der Waals surface area contributed by atoms with Crippen LogP contribution in [0, 0.1) is 0 Å². The van der Waals surface area contributed by atoms with Crippen LogP contribution in [0.25, 0.3) is 0 Å². The van der Waals surface area contributed by atoms with Gasteiger partial charge in [-0.05, 0) is 77.3 Å². The standard InChI is InChI=1S/C45H83NO6/c1-5-9-11-13-15-17-19-21-23-25-27-29-31-33-35-37-43(47)50-40-42(41-51-45(49)39-46(7-3)8-4)52-44(48)38-36-34-32-30-28-26-24-22-20-18-16-14-12-10-6-2/h21-24,42H,5-20,25-41H2,1-4H3/b23-21-,24-22-/t42-/m1/s1. The molecule has 0 amide bonds. The van der Waals surface area contributed by atoms with Gasteiger partial charge in [-0.2, -0.15) is 0 Å². The van der Waals surface area contributed by atoms with Crippen molar-refractivity contribution < 1.29 is 28.6 Å². The van der Waals surface area contributed by atoms with Gasteiger partial charge < -0.3 is 14.2 Å². The van der Waals surface area contributed by atoms with Crippen molar-refractivity contribution in [3.05, 3.63) is 24.3 Å². The summed E-state index contributed by atoms with van der Waals surface area (Å²) in [7, 11) is 0. The monoisotopic (exact) mass is 734 g/mol. The van der Waals surface area contributed by atoms with Crippen molar-refractivity contribution >= 4 is 17.9 Å². The van der Waals surface area contributed by atoms with Gasteiger partial charge in [-0.25, -0.2) is 0 Å². The van der Waals surface area contributed by atoms with Crippen LogP contribution in [0.1, 0.15) is 207 Å². The van der Waals surface area contributed by atoms with E-state index in [1.807, 2.05) is 18.7 Å². The van der Waals surface area contributed by atoms with E-state index in [2.05, 4.69) is 38.2 Å². The zero-order valence-electron chi connectivity index (χ0n) is 34.6. The maximum Gasteiger partial charge on any atom is 0.320 e. The summed E-state index contributed by atoms with van der Waals surface area (Å²) < 4.78 is 16.5. The molecule has 1 atom stereocenters. The molecule has 0 aliphatic rings. The van der Waals surface area contributed by atoms with Gasteiger partial charge in [-0.15, -0.1) is 0 Å². The number of esters is 3. The highest BCUT2D eigenvalue weighted by molar-refractivity contribution is 5.72. The largest absolute Gasteiger partial charge is 0.462 e. The lowest BCUT2D eigenvalue weighted by molar-refractivity contribution is -0.167. The first-order valence-electron chi connectivity index (χ1n) is 22.0. The number of ether oxygens (including phenoxy) is 3. The molecule has 52 heavy (non-hydrogen) atoms. The van der Waals surface area contributed by atoms with Crippen LogP contribution in [0.3, 0.4) is 0 Å². The van der Waals surface area contributed by atoms with Crippen molar-refractivity contribution in [1.29, 1.82) is 0 Å². The maximum absolute atomic E-state index is 12.7. The van der Waals surface area contributed by atoms with E-state index in [-0.39, 0.29) is 37.7 Å². The van der Waals surface area contributed by atoms with Crippen LogP contribution >= 0.6 is 0 Å². The van der Waals surface area contributed by atoms with Gasteiger partial charge in [0.2, 0.25) is 0 Å². The Morgan fingerprint density at radius 2 is 0.788 bits per heavy atom. The lowest BCUT2D eigenvalue weighted by Crippen LogP contribution is -2.34. The van der Waals surface area contributed by atoms with Crippen LogP contribution in [-0.4, -0.2) is 61.8 Å². The molecular formula is C45H83NO6. The summed E-state index contributed by atoms with van der Waals surface area (Å²) in [6.07, 6.45) is 40.4. The average Bonchev–Trinajstić information content (AvgIpc) is 3.14. The molecule has 0 rings (SSSR count). The van der Waals surface area contributed by atoms with Crippen molar-refractivity contribution in [3.63, 3.8) is 0 Å². The Balaban J connectivity index is 4.24. The molecule has 0 spiro atoms. The van der Waals surface area contributed by atoms with E-state index in [1.54, 1.807) is 0 Å². The number of allylic oxidation sites excluding steroid dienone is 4. The number of carbonyl (C=O) groups is 3. The van der Waals surface area contributed by atoms with Crippen LogP contribution in [0.4, 0.5) is 0 Å². The first kappa shape index (κ1) is 49.9. The quantitative estimate of drug-likeness (QED) is 0.0269. The Morgan fingerprint density at radius 1 is 0.442 bits per heavy atom. The molecule has 0 saturated heterocycles. The number of carbonyl (C=O) groups excluding carboxylic acids is 3. The van der Waals surface area contributed by atoms with Gasteiger partial charge in [0.1, 0.15) is 13.2 Å². The van der Waals surface area contributed by atoms with Gasteiger partial charge >= 0.3 is 17.9 Å². The third-order valence-corrected chi connectivity index (χ3v) is 9.69. The normalized spacial score (nSPS) is 12.2. The highest BCUT2D eigenvalue weighted by Gasteiger charge is 2.20. The molecule has 0 aromatic rings. The summed E-state index contributed by atoms with van der Waals surface area (Å²) in [4.78, 5) is 39.5. The Hall–Kier alpha value is -2.15. The maximum atomic E-state index is 12.7. The third kappa shape index (κ3) is 36.2. The second-order valence-corrected chi connectivity index (χ2v) is 14.6. The molecule has 0 radical (unpaired) electrons. The lowest BCUT2D eigenvalue weighted by atomic mass is 10.1. The molecule has 0 aromatic carbocycles. The smallest absolute Gasteiger partial charge is 0.320 e. The molecular weight excluding hydrogens is 650 g/mol. The van der Waals surface area contributed by atoms with E-state index in [1.165, 1.54) is 109 Å². The second kappa shape index (κ2) is 40.0. The van der Waals surface area contributed by atoms with E-state index in [0.717, 1.165) is 70.9 Å². The zero-order chi connectivity index (χ0) is 38.2. The van der Waals surface area contributed by atoms with E-state index in [4.69, 9.17) is 14.2 Å². The molecule has 7 nitrogen and oxygen atoms in total. The SMILES string of the molecule is CCCCCCCC/C=C\CCCCCCCC(=O)OC[C@H](COC(=O)CN(CC)CC)OC(=O)CCCCCCC/C=C\CCCCCCCC. The van der Waals surface area contributed by atoms with E-state index < -0.39 is 6.10 Å². The fourth-order valence-electron chi connectivity index (χ4n) is 6.16. The lowest BCUT2D eigenvalue weighted by Gasteiger charge is -2.20. The number of rotatable bonds is 39. The van der Waals surface area contributed by atoms with Crippen molar-refractivity contribution in [2.45, 2.75) is 214 Å². The minimum absolute atomic E-state index is 0.0967. The molecule has 0 aliphatic heterocycles. The topological polar surface area (TPSA) is 82.1 Å². The highest BCUT2D eigenvalue weighted by atomic mass is 16.6. The van der Waals surface area contributed by atoms with Crippen molar-refractivity contribution in [1.82, 2.24) is 4.90 Å². The molecule has 0 aromatic heterocycles. The molecule has 304 valence electrons. The van der Waals surface area contributed by atoms with Gasteiger partial charge in [-0.1, -0.05) is 155 Å². The molecule has 0 aliphatic carbocycles. The molecule has 0 heterocycles. The molecule has 0 fully saturated rings. The van der Waals surface area contributed by atoms with Crippen LogP contribution < -0.4 is 0 Å². The van der Waals surface area contributed by atoms with Crippen LogP contribution in [0.5, 0.6) is 0 Å². The Labute approximate surface area is 321 Å². The fraction of sp³-hybridized carbons (Fsp3) is 0.844. The summed E-state index contributed by atoms with van der Waals surface area (Å²) in [6.45, 7) is 9.96. The molecule has 0 N–H and O–H groups in total. The molecule has 7 heteroatoms. The fourth-order valence-corrected chi connectivity index (χ4v) is 6.16. The van der Waals surface area contributed by atoms with Gasteiger partial charge in [0.25, 0.3) is 0 Å². The summed E-state index contributed by atoms with van der Waals surface area (Å²) in [5, 5.41) is 0. The number of unbranched alkanes of at least 4 members (excludes halogenated alkanes) is 22.